The molecule has 0 radical (unpaired) electrons. The van der Waals surface area contributed by atoms with E-state index in [1.165, 1.54) is 25.7 Å². The molecule has 0 saturated carbocycles. The zero-order valence-electron chi connectivity index (χ0n) is 11.2. The van der Waals surface area contributed by atoms with Crippen LogP contribution in [0.1, 0.15) is 58.8 Å². The minimum Gasteiger partial charge on any atom is -0.464 e. The molecule has 0 amide bonds. The molecule has 0 atom stereocenters. The Balaban J connectivity index is 3.34. The number of rotatable bonds is 12. The van der Waals surface area contributed by atoms with Crippen molar-refractivity contribution < 1.29 is 14.3 Å². The normalized spacial score (nSPS) is 11.5. The Morgan fingerprint density at radius 2 is 1.82 bits per heavy atom. The summed E-state index contributed by atoms with van der Waals surface area (Å²) in [6.07, 6.45) is 10.5. The summed E-state index contributed by atoms with van der Waals surface area (Å²) in [5, 5.41) is 0. The van der Waals surface area contributed by atoms with Gasteiger partial charge in [-0.25, -0.2) is 0 Å². The molecule has 0 spiro atoms. The summed E-state index contributed by atoms with van der Waals surface area (Å²) < 4.78 is 10.5. The fourth-order valence-electron chi connectivity index (χ4n) is 1.40. The lowest BCUT2D eigenvalue weighted by Gasteiger charge is -2.06. The molecule has 0 aliphatic carbocycles. The molecule has 3 nitrogen and oxygen atoms in total. The fraction of sp³-hybridized carbons (Fsp3) is 0.786. The molecule has 100 valence electrons. The summed E-state index contributed by atoms with van der Waals surface area (Å²) in [5.41, 5.74) is 0. The van der Waals surface area contributed by atoms with Gasteiger partial charge in [0.2, 0.25) is 0 Å². The molecule has 0 heterocycles. The monoisotopic (exact) mass is 242 g/mol. The lowest BCUT2D eigenvalue weighted by Crippen LogP contribution is -2.02. The third-order valence-electron chi connectivity index (χ3n) is 2.45. The summed E-state index contributed by atoms with van der Waals surface area (Å²) in [7, 11) is 0. The van der Waals surface area contributed by atoms with Gasteiger partial charge < -0.3 is 9.47 Å². The van der Waals surface area contributed by atoms with Crippen LogP contribution in [0.5, 0.6) is 0 Å². The van der Waals surface area contributed by atoms with Crippen LogP contribution < -0.4 is 0 Å². The second-order valence-electron chi connectivity index (χ2n) is 4.10. The molecule has 0 aliphatic rings. The number of hydrogen-bond donors (Lipinski definition) is 0. The summed E-state index contributed by atoms with van der Waals surface area (Å²) >= 11 is 0. The van der Waals surface area contributed by atoms with Crippen molar-refractivity contribution in [2.75, 3.05) is 13.4 Å². The first-order valence-corrected chi connectivity index (χ1v) is 6.71. The third-order valence-corrected chi connectivity index (χ3v) is 2.45. The van der Waals surface area contributed by atoms with Gasteiger partial charge in [0.1, 0.15) is 0 Å². The average Bonchev–Trinajstić information content (AvgIpc) is 2.36. The summed E-state index contributed by atoms with van der Waals surface area (Å²) in [6, 6.07) is 0. The lowest BCUT2D eigenvalue weighted by atomic mass is 10.2. The van der Waals surface area contributed by atoms with E-state index in [9.17, 15) is 4.79 Å². The van der Waals surface area contributed by atoms with Crippen LogP contribution in [0.15, 0.2) is 11.8 Å². The summed E-state index contributed by atoms with van der Waals surface area (Å²) in [6.45, 7) is 5.16. The second-order valence-corrected chi connectivity index (χ2v) is 4.10. The maximum atomic E-state index is 10.6. The molecule has 0 saturated heterocycles. The van der Waals surface area contributed by atoms with E-state index in [-0.39, 0.29) is 6.79 Å². The molecule has 0 unspecified atom stereocenters. The van der Waals surface area contributed by atoms with Crippen molar-refractivity contribution in [2.24, 2.45) is 0 Å². The van der Waals surface area contributed by atoms with Crippen LogP contribution in [0.25, 0.3) is 0 Å². The quantitative estimate of drug-likeness (QED) is 0.171. The number of carbonyl (C=O) groups is 1. The van der Waals surface area contributed by atoms with Crippen molar-refractivity contribution in [1.82, 2.24) is 0 Å². The molecule has 0 N–H and O–H groups in total. The van der Waals surface area contributed by atoms with Gasteiger partial charge in [0, 0.05) is 0 Å². The third kappa shape index (κ3) is 11.4. The molecule has 0 aromatic rings. The summed E-state index contributed by atoms with van der Waals surface area (Å²) in [5.74, 6) is 0.387. The molecular weight excluding hydrogens is 216 g/mol. The number of hydrogen-bond acceptors (Lipinski definition) is 3. The zero-order chi connectivity index (χ0) is 12.8. The molecule has 0 fully saturated rings. The highest BCUT2D eigenvalue weighted by molar-refractivity contribution is 5.69. The van der Waals surface area contributed by atoms with Gasteiger partial charge in [-0.05, 0) is 18.9 Å². The van der Waals surface area contributed by atoms with E-state index in [1.54, 1.807) is 6.08 Å². The Kier molecular flexibility index (Phi) is 12.6. The highest BCUT2D eigenvalue weighted by Crippen LogP contribution is 2.03. The van der Waals surface area contributed by atoms with Crippen molar-refractivity contribution in [1.29, 1.82) is 0 Å². The predicted molar refractivity (Wildman–Crippen MR) is 69.7 cm³/mol. The summed E-state index contributed by atoms with van der Waals surface area (Å²) in [4.78, 5) is 10.6. The van der Waals surface area contributed by atoms with E-state index in [2.05, 4.69) is 13.8 Å². The highest BCUT2D eigenvalue weighted by atomic mass is 16.7. The molecule has 0 aromatic carbocycles. The fourth-order valence-corrected chi connectivity index (χ4v) is 1.40. The first-order valence-electron chi connectivity index (χ1n) is 6.71. The van der Waals surface area contributed by atoms with E-state index >= 15 is 0 Å². The minimum absolute atomic E-state index is 0.183. The SMILES string of the molecule is CCCC=C(C=O)OCOCCCCCCC. The standard InChI is InChI=1S/C14H26O3/c1-3-5-7-8-9-11-16-13-17-14(12-15)10-6-4-2/h10,12H,3-9,11,13H2,1-2H3. The Morgan fingerprint density at radius 3 is 2.47 bits per heavy atom. The van der Waals surface area contributed by atoms with Gasteiger partial charge in [-0.1, -0.05) is 46.0 Å². The van der Waals surface area contributed by atoms with Crippen LogP contribution >= 0.6 is 0 Å². The largest absolute Gasteiger partial charge is 0.464 e. The van der Waals surface area contributed by atoms with Gasteiger partial charge in [0.05, 0.1) is 6.61 Å². The smallest absolute Gasteiger partial charge is 0.189 e. The average molecular weight is 242 g/mol. The molecular formula is C14H26O3. The maximum Gasteiger partial charge on any atom is 0.189 e. The Bertz CT molecular complexity index is 200. The number of carbonyl (C=O) groups excluding carboxylic acids is 1. The van der Waals surface area contributed by atoms with Crippen molar-refractivity contribution in [2.45, 2.75) is 58.8 Å². The molecule has 3 heteroatoms. The van der Waals surface area contributed by atoms with E-state index in [1.807, 2.05) is 0 Å². The van der Waals surface area contributed by atoms with E-state index in [0.717, 1.165) is 25.5 Å². The van der Waals surface area contributed by atoms with Crippen LogP contribution in [0.4, 0.5) is 0 Å². The van der Waals surface area contributed by atoms with E-state index < -0.39 is 0 Å². The van der Waals surface area contributed by atoms with E-state index in [0.29, 0.717) is 12.4 Å². The van der Waals surface area contributed by atoms with Crippen LogP contribution in [0, 0.1) is 0 Å². The van der Waals surface area contributed by atoms with Crippen molar-refractivity contribution in [3.05, 3.63) is 11.8 Å². The second kappa shape index (κ2) is 13.2. The first-order chi connectivity index (χ1) is 8.35. The number of unbranched alkanes of at least 4 members (excludes halogenated alkanes) is 5. The van der Waals surface area contributed by atoms with Crippen molar-refractivity contribution in [3.8, 4) is 0 Å². The molecule has 17 heavy (non-hydrogen) atoms. The molecule has 0 rings (SSSR count). The van der Waals surface area contributed by atoms with Crippen LogP contribution in [0.3, 0.4) is 0 Å². The number of aldehydes is 1. The molecule has 0 aromatic heterocycles. The molecule has 0 aliphatic heterocycles. The first kappa shape index (κ1) is 16.2. The van der Waals surface area contributed by atoms with Crippen molar-refractivity contribution in [3.63, 3.8) is 0 Å². The lowest BCUT2D eigenvalue weighted by molar-refractivity contribution is -0.111. The number of ether oxygens (including phenoxy) is 2. The van der Waals surface area contributed by atoms with Crippen LogP contribution in [-0.4, -0.2) is 19.7 Å². The van der Waals surface area contributed by atoms with Gasteiger partial charge in [-0.15, -0.1) is 0 Å². The number of allylic oxidation sites excluding steroid dienone is 2. The van der Waals surface area contributed by atoms with E-state index in [4.69, 9.17) is 9.47 Å². The van der Waals surface area contributed by atoms with Crippen LogP contribution in [0.2, 0.25) is 0 Å². The van der Waals surface area contributed by atoms with Crippen molar-refractivity contribution >= 4 is 6.29 Å². The topological polar surface area (TPSA) is 35.5 Å². The highest BCUT2D eigenvalue weighted by Gasteiger charge is 1.95. The maximum absolute atomic E-state index is 10.6. The predicted octanol–water partition coefficient (Wildman–Crippen LogP) is 3.83. The van der Waals surface area contributed by atoms with Crippen LogP contribution in [-0.2, 0) is 14.3 Å². The zero-order valence-corrected chi connectivity index (χ0v) is 11.2. The Morgan fingerprint density at radius 1 is 1.06 bits per heavy atom. The minimum atomic E-state index is 0.183. The van der Waals surface area contributed by atoms with Gasteiger partial charge >= 0.3 is 0 Å². The Hall–Kier alpha value is -0.830. The van der Waals surface area contributed by atoms with Gasteiger partial charge in [0.15, 0.2) is 18.8 Å². The molecule has 0 bridgehead atoms. The van der Waals surface area contributed by atoms with Gasteiger partial charge in [0.25, 0.3) is 0 Å². The Labute approximate surface area is 105 Å². The van der Waals surface area contributed by atoms with Gasteiger partial charge in [-0.3, -0.25) is 4.79 Å². The van der Waals surface area contributed by atoms with Gasteiger partial charge in [-0.2, -0.15) is 0 Å².